The standard InChI is InChI=1S/C18H18N4O4S/c23-18(17-11-19-22(20-17)14-5-2-1-3-6-14)21-9-8-16(12-21)27(24,25)13-15-7-4-10-26-15/h1-7,10-11,16H,8-9,12-13H2/t16-/m1/s1. The van der Waals surface area contributed by atoms with Crippen LogP contribution in [0.25, 0.3) is 5.69 Å². The van der Waals surface area contributed by atoms with Gasteiger partial charge in [-0.25, -0.2) is 8.42 Å². The van der Waals surface area contributed by atoms with Gasteiger partial charge in [0, 0.05) is 13.1 Å². The van der Waals surface area contributed by atoms with Crippen LogP contribution in [-0.2, 0) is 15.6 Å². The fourth-order valence-electron chi connectivity index (χ4n) is 3.13. The van der Waals surface area contributed by atoms with Crippen molar-refractivity contribution in [2.24, 2.45) is 0 Å². The molecule has 8 nitrogen and oxygen atoms in total. The highest BCUT2D eigenvalue weighted by Crippen LogP contribution is 2.22. The summed E-state index contributed by atoms with van der Waals surface area (Å²) in [5, 5.41) is 7.75. The molecule has 0 bridgehead atoms. The Labute approximate surface area is 156 Å². The fraction of sp³-hybridized carbons (Fsp3) is 0.278. The van der Waals surface area contributed by atoms with Crippen LogP contribution in [0.5, 0.6) is 0 Å². The van der Waals surface area contributed by atoms with Gasteiger partial charge >= 0.3 is 0 Å². The molecule has 1 amide bonds. The maximum Gasteiger partial charge on any atom is 0.276 e. The van der Waals surface area contributed by atoms with Gasteiger partial charge in [-0.05, 0) is 30.7 Å². The Kier molecular flexibility index (Phi) is 4.53. The number of hydrogen-bond donors (Lipinski definition) is 0. The van der Waals surface area contributed by atoms with Crippen molar-refractivity contribution in [3.63, 3.8) is 0 Å². The number of nitrogens with zero attached hydrogens (tertiary/aromatic N) is 4. The molecule has 9 heteroatoms. The molecule has 1 saturated heterocycles. The molecule has 2 aromatic heterocycles. The van der Waals surface area contributed by atoms with Crippen molar-refractivity contribution in [3.05, 3.63) is 66.4 Å². The molecule has 0 N–H and O–H groups in total. The first kappa shape index (κ1) is 17.5. The Hall–Kier alpha value is -2.94. The Morgan fingerprint density at radius 3 is 2.74 bits per heavy atom. The van der Waals surface area contributed by atoms with Gasteiger partial charge in [-0.1, -0.05) is 18.2 Å². The second-order valence-electron chi connectivity index (χ2n) is 6.40. The molecule has 3 aromatic rings. The Morgan fingerprint density at radius 2 is 2.00 bits per heavy atom. The van der Waals surface area contributed by atoms with E-state index in [0.29, 0.717) is 18.7 Å². The van der Waals surface area contributed by atoms with Crippen molar-refractivity contribution in [3.8, 4) is 5.69 Å². The van der Waals surface area contributed by atoms with Gasteiger partial charge in [-0.2, -0.15) is 9.90 Å². The minimum atomic E-state index is -3.40. The number of amides is 1. The maximum absolute atomic E-state index is 12.7. The number of furan rings is 1. The summed E-state index contributed by atoms with van der Waals surface area (Å²) in [6, 6.07) is 12.6. The molecule has 0 aliphatic carbocycles. The topological polar surface area (TPSA) is 98.3 Å². The highest BCUT2D eigenvalue weighted by atomic mass is 32.2. The van der Waals surface area contributed by atoms with Gasteiger partial charge in [0.2, 0.25) is 0 Å². The summed E-state index contributed by atoms with van der Waals surface area (Å²) in [4.78, 5) is 15.6. The molecular formula is C18H18N4O4S. The number of likely N-dealkylation sites (tertiary alicyclic amines) is 1. The van der Waals surface area contributed by atoms with E-state index in [1.165, 1.54) is 22.2 Å². The zero-order valence-corrected chi connectivity index (χ0v) is 15.2. The highest BCUT2D eigenvalue weighted by molar-refractivity contribution is 7.91. The molecule has 0 unspecified atom stereocenters. The Bertz CT molecular complexity index is 1030. The average Bonchev–Trinajstić information content (AvgIpc) is 3.42. The van der Waals surface area contributed by atoms with Crippen LogP contribution in [0.4, 0.5) is 0 Å². The number of hydrogen-bond acceptors (Lipinski definition) is 6. The first-order valence-corrected chi connectivity index (χ1v) is 10.3. The lowest BCUT2D eigenvalue weighted by Crippen LogP contribution is -2.32. The van der Waals surface area contributed by atoms with E-state index in [1.54, 1.807) is 12.1 Å². The summed E-state index contributed by atoms with van der Waals surface area (Å²) in [5.74, 6) is -0.0601. The van der Waals surface area contributed by atoms with Gasteiger partial charge in [-0.15, -0.1) is 5.10 Å². The van der Waals surface area contributed by atoms with Crippen molar-refractivity contribution in [1.82, 2.24) is 19.9 Å². The molecule has 3 heterocycles. The predicted molar refractivity (Wildman–Crippen MR) is 97.0 cm³/mol. The van der Waals surface area contributed by atoms with Crippen LogP contribution in [0.3, 0.4) is 0 Å². The van der Waals surface area contributed by atoms with Gasteiger partial charge in [0.1, 0.15) is 11.5 Å². The summed E-state index contributed by atoms with van der Waals surface area (Å²) < 4.78 is 30.3. The van der Waals surface area contributed by atoms with Gasteiger partial charge in [0.05, 0.1) is 23.4 Å². The summed E-state index contributed by atoms with van der Waals surface area (Å²) in [6.45, 7) is 0.527. The predicted octanol–water partition coefficient (Wildman–Crippen LogP) is 1.69. The van der Waals surface area contributed by atoms with Crippen LogP contribution < -0.4 is 0 Å². The van der Waals surface area contributed by atoms with Crippen molar-refractivity contribution in [2.75, 3.05) is 13.1 Å². The van der Waals surface area contributed by atoms with Gasteiger partial charge in [0.25, 0.3) is 5.91 Å². The van der Waals surface area contributed by atoms with Crippen molar-refractivity contribution in [2.45, 2.75) is 17.4 Å². The minimum absolute atomic E-state index is 0.153. The van der Waals surface area contributed by atoms with E-state index in [4.69, 9.17) is 4.42 Å². The molecule has 0 radical (unpaired) electrons. The molecule has 1 aliphatic rings. The van der Waals surface area contributed by atoms with E-state index in [0.717, 1.165) is 5.69 Å². The average molecular weight is 386 g/mol. The van der Waals surface area contributed by atoms with Crippen molar-refractivity contribution >= 4 is 15.7 Å². The first-order valence-electron chi connectivity index (χ1n) is 8.54. The second-order valence-corrected chi connectivity index (χ2v) is 8.68. The van der Waals surface area contributed by atoms with Crippen LogP contribution in [0.1, 0.15) is 22.7 Å². The number of carbonyl (C=O) groups is 1. The largest absolute Gasteiger partial charge is 0.468 e. The van der Waals surface area contributed by atoms with E-state index in [2.05, 4.69) is 10.2 Å². The summed E-state index contributed by atoms with van der Waals surface area (Å²) >= 11 is 0. The lowest BCUT2D eigenvalue weighted by atomic mass is 10.3. The number of carbonyl (C=O) groups excluding carboxylic acids is 1. The monoisotopic (exact) mass is 386 g/mol. The molecule has 0 spiro atoms. The van der Waals surface area contributed by atoms with Crippen LogP contribution in [0.15, 0.2) is 59.3 Å². The SMILES string of the molecule is O=C(c1cnn(-c2ccccc2)n1)N1CC[C@@H](S(=O)(=O)Cc2ccco2)C1. The third-order valence-electron chi connectivity index (χ3n) is 4.56. The third-order valence-corrected chi connectivity index (χ3v) is 6.65. The lowest BCUT2D eigenvalue weighted by Gasteiger charge is -2.15. The number of rotatable bonds is 5. The van der Waals surface area contributed by atoms with E-state index < -0.39 is 15.1 Å². The van der Waals surface area contributed by atoms with Crippen molar-refractivity contribution in [1.29, 1.82) is 0 Å². The molecule has 1 aliphatic heterocycles. The van der Waals surface area contributed by atoms with Crippen LogP contribution in [0, 0.1) is 0 Å². The smallest absolute Gasteiger partial charge is 0.276 e. The number of sulfone groups is 1. The van der Waals surface area contributed by atoms with Crippen molar-refractivity contribution < 1.29 is 17.6 Å². The molecule has 1 atom stereocenters. The Balaban J connectivity index is 1.44. The molecule has 1 aromatic carbocycles. The third kappa shape index (κ3) is 3.63. The van der Waals surface area contributed by atoms with E-state index in [9.17, 15) is 13.2 Å². The number of benzene rings is 1. The normalized spacial score (nSPS) is 17.3. The summed E-state index contributed by atoms with van der Waals surface area (Å²) in [6.07, 6.45) is 3.26. The van der Waals surface area contributed by atoms with Gasteiger partial charge in [0.15, 0.2) is 15.5 Å². The molecule has 0 saturated carbocycles. The molecular weight excluding hydrogens is 368 g/mol. The van der Waals surface area contributed by atoms with Crippen LogP contribution >= 0.6 is 0 Å². The van der Waals surface area contributed by atoms with E-state index in [1.807, 2.05) is 30.3 Å². The fourth-order valence-corrected chi connectivity index (χ4v) is 4.79. The van der Waals surface area contributed by atoms with E-state index in [-0.39, 0.29) is 23.9 Å². The molecule has 4 rings (SSSR count). The summed E-state index contributed by atoms with van der Waals surface area (Å²) in [7, 11) is -3.40. The van der Waals surface area contributed by atoms with Crippen LogP contribution in [-0.4, -0.2) is 52.6 Å². The van der Waals surface area contributed by atoms with Gasteiger partial charge < -0.3 is 9.32 Å². The quantitative estimate of drug-likeness (QED) is 0.662. The minimum Gasteiger partial charge on any atom is -0.468 e. The first-order chi connectivity index (χ1) is 13.0. The second kappa shape index (κ2) is 6.99. The van der Waals surface area contributed by atoms with Gasteiger partial charge in [-0.3, -0.25) is 4.79 Å². The number of aromatic nitrogens is 3. The molecule has 1 fully saturated rings. The maximum atomic E-state index is 12.7. The lowest BCUT2D eigenvalue weighted by molar-refractivity contribution is 0.0787. The zero-order chi connectivity index (χ0) is 18.9. The highest BCUT2D eigenvalue weighted by Gasteiger charge is 2.36. The van der Waals surface area contributed by atoms with Crippen LogP contribution in [0.2, 0.25) is 0 Å². The molecule has 140 valence electrons. The summed E-state index contributed by atoms with van der Waals surface area (Å²) in [5.41, 5.74) is 0.944. The number of para-hydroxylation sites is 1. The van der Waals surface area contributed by atoms with E-state index >= 15 is 0 Å². The molecule has 27 heavy (non-hydrogen) atoms. The Morgan fingerprint density at radius 1 is 1.19 bits per heavy atom. The zero-order valence-electron chi connectivity index (χ0n) is 14.4.